The number of aromatic nitrogens is 1. The summed E-state index contributed by atoms with van der Waals surface area (Å²) in [5.74, 6) is 0.297. The molecule has 0 aliphatic rings. The molecule has 16 heavy (non-hydrogen) atoms. The second-order valence-corrected chi connectivity index (χ2v) is 3.30. The summed E-state index contributed by atoms with van der Waals surface area (Å²) in [5, 5.41) is 12.1. The van der Waals surface area contributed by atoms with Gasteiger partial charge in [-0.15, -0.1) is 0 Å². The molecule has 0 radical (unpaired) electrons. The average molecular weight is 218 g/mol. The number of nitrogens with one attached hydrogen (secondary N) is 1. The van der Waals surface area contributed by atoms with Crippen LogP contribution in [0.5, 0.6) is 0 Å². The van der Waals surface area contributed by atoms with E-state index in [0.29, 0.717) is 11.4 Å². The fourth-order valence-corrected chi connectivity index (χ4v) is 1.35. The molecule has 0 fully saturated rings. The van der Waals surface area contributed by atoms with E-state index in [9.17, 15) is 4.39 Å². The molecule has 3 nitrogen and oxygen atoms in total. The third-order valence-electron chi connectivity index (χ3n) is 2.17. The Morgan fingerprint density at radius 1 is 1.19 bits per heavy atom. The Morgan fingerprint density at radius 3 is 2.62 bits per heavy atom. The summed E-state index contributed by atoms with van der Waals surface area (Å²) in [6, 6.07) is 9.49. The van der Waals surface area contributed by atoms with E-state index in [-0.39, 0.29) is 12.4 Å². The molecule has 0 saturated carbocycles. The molecular formula is C12H11FN2O. The number of benzene rings is 1. The van der Waals surface area contributed by atoms with E-state index in [1.807, 2.05) is 0 Å². The van der Waals surface area contributed by atoms with Crippen LogP contribution in [0.25, 0.3) is 0 Å². The molecule has 1 aromatic carbocycles. The Labute approximate surface area is 92.6 Å². The van der Waals surface area contributed by atoms with E-state index in [0.717, 1.165) is 5.69 Å². The lowest BCUT2D eigenvalue weighted by atomic mass is 10.2. The van der Waals surface area contributed by atoms with Crippen molar-refractivity contribution in [1.29, 1.82) is 0 Å². The van der Waals surface area contributed by atoms with Gasteiger partial charge >= 0.3 is 0 Å². The van der Waals surface area contributed by atoms with Crippen molar-refractivity contribution >= 4 is 11.5 Å². The number of anilines is 2. The normalized spacial score (nSPS) is 10.1. The molecule has 0 aliphatic heterocycles. The van der Waals surface area contributed by atoms with Gasteiger partial charge in [-0.25, -0.2) is 9.37 Å². The molecule has 0 saturated heterocycles. The van der Waals surface area contributed by atoms with Crippen LogP contribution in [-0.2, 0) is 6.61 Å². The molecule has 0 spiro atoms. The van der Waals surface area contributed by atoms with E-state index >= 15 is 0 Å². The number of nitrogens with zero attached hydrogens (tertiary/aromatic N) is 1. The van der Waals surface area contributed by atoms with Crippen molar-refractivity contribution in [3.8, 4) is 0 Å². The lowest BCUT2D eigenvalue weighted by Gasteiger charge is -2.08. The van der Waals surface area contributed by atoms with Crippen LogP contribution in [0.15, 0.2) is 42.6 Å². The van der Waals surface area contributed by atoms with Gasteiger partial charge in [-0.2, -0.15) is 0 Å². The van der Waals surface area contributed by atoms with Crippen LogP contribution in [0.4, 0.5) is 15.9 Å². The second kappa shape index (κ2) is 4.72. The highest BCUT2D eigenvalue weighted by molar-refractivity contribution is 5.58. The van der Waals surface area contributed by atoms with Gasteiger partial charge in [-0.3, -0.25) is 0 Å². The van der Waals surface area contributed by atoms with Gasteiger partial charge in [-0.05, 0) is 30.3 Å². The fourth-order valence-electron chi connectivity index (χ4n) is 1.35. The SMILES string of the molecule is OCc1cccnc1Nc1ccc(F)cc1. The minimum atomic E-state index is -0.283. The van der Waals surface area contributed by atoms with Crippen LogP contribution in [0.3, 0.4) is 0 Å². The second-order valence-electron chi connectivity index (χ2n) is 3.30. The molecule has 1 heterocycles. The maximum absolute atomic E-state index is 12.7. The van der Waals surface area contributed by atoms with Crippen LogP contribution in [0, 0.1) is 5.82 Å². The molecule has 2 rings (SSSR count). The smallest absolute Gasteiger partial charge is 0.135 e. The Kier molecular flexibility index (Phi) is 3.12. The van der Waals surface area contributed by atoms with Crippen molar-refractivity contribution in [2.45, 2.75) is 6.61 Å². The molecule has 0 atom stereocenters. The van der Waals surface area contributed by atoms with E-state index in [4.69, 9.17) is 5.11 Å². The minimum Gasteiger partial charge on any atom is -0.392 e. The van der Waals surface area contributed by atoms with Crippen LogP contribution < -0.4 is 5.32 Å². The zero-order valence-electron chi connectivity index (χ0n) is 8.52. The van der Waals surface area contributed by atoms with Crippen molar-refractivity contribution in [3.63, 3.8) is 0 Å². The summed E-state index contributed by atoms with van der Waals surface area (Å²) < 4.78 is 12.7. The van der Waals surface area contributed by atoms with Gasteiger partial charge in [0.05, 0.1) is 6.61 Å². The molecule has 0 bridgehead atoms. The minimum absolute atomic E-state index is 0.0859. The maximum Gasteiger partial charge on any atom is 0.135 e. The Balaban J connectivity index is 2.23. The number of rotatable bonds is 3. The first-order valence-corrected chi connectivity index (χ1v) is 4.87. The largest absolute Gasteiger partial charge is 0.392 e. The Morgan fingerprint density at radius 2 is 1.94 bits per heavy atom. The molecule has 0 amide bonds. The first-order chi connectivity index (χ1) is 7.79. The van der Waals surface area contributed by atoms with Gasteiger partial charge in [0.15, 0.2) is 0 Å². The number of aliphatic hydroxyl groups is 1. The first-order valence-electron chi connectivity index (χ1n) is 4.87. The maximum atomic E-state index is 12.7. The molecule has 0 unspecified atom stereocenters. The van der Waals surface area contributed by atoms with Gasteiger partial charge in [0.25, 0.3) is 0 Å². The van der Waals surface area contributed by atoms with Gasteiger partial charge < -0.3 is 10.4 Å². The van der Waals surface area contributed by atoms with Crippen molar-refractivity contribution in [2.24, 2.45) is 0 Å². The molecule has 4 heteroatoms. The number of hydrogen-bond acceptors (Lipinski definition) is 3. The predicted octanol–water partition coefficient (Wildman–Crippen LogP) is 2.46. The monoisotopic (exact) mass is 218 g/mol. The van der Waals surface area contributed by atoms with Gasteiger partial charge in [0.1, 0.15) is 11.6 Å². The fraction of sp³-hybridized carbons (Fsp3) is 0.0833. The van der Waals surface area contributed by atoms with E-state index in [1.54, 1.807) is 30.5 Å². The highest BCUT2D eigenvalue weighted by Crippen LogP contribution is 2.18. The summed E-state index contributed by atoms with van der Waals surface area (Å²) in [4.78, 5) is 4.10. The number of halogens is 1. The zero-order chi connectivity index (χ0) is 11.4. The van der Waals surface area contributed by atoms with Crippen molar-refractivity contribution in [3.05, 3.63) is 54.0 Å². The summed E-state index contributed by atoms with van der Waals surface area (Å²) in [7, 11) is 0. The first kappa shape index (κ1) is 10.6. The van der Waals surface area contributed by atoms with Gasteiger partial charge in [0.2, 0.25) is 0 Å². The summed E-state index contributed by atoms with van der Waals surface area (Å²) in [5.41, 5.74) is 1.43. The number of aliphatic hydroxyl groups excluding tert-OH is 1. The predicted molar refractivity (Wildman–Crippen MR) is 59.8 cm³/mol. The topological polar surface area (TPSA) is 45.2 Å². The zero-order valence-corrected chi connectivity index (χ0v) is 8.52. The molecular weight excluding hydrogens is 207 g/mol. The third kappa shape index (κ3) is 2.35. The van der Waals surface area contributed by atoms with Crippen LogP contribution in [0.1, 0.15) is 5.56 Å². The van der Waals surface area contributed by atoms with E-state index < -0.39 is 0 Å². The van der Waals surface area contributed by atoms with Crippen LogP contribution >= 0.6 is 0 Å². The molecule has 0 aliphatic carbocycles. The average Bonchev–Trinajstić information content (AvgIpc) is 2.33. The Bertz CT molecular complexity index is 471. The highest BCUT2D eigenvalue weighted by atomic mass is 19.1. The summed E-state index contributed by atoms with van der Waals surface area (Å²) >= 11 is 0. The van der Waals surface area contributed by atoms with E-state index in [1.165, 1.54) is 12.1 Å². The van der Waals surface area contributed by atoms with Crippen LogP contribution in [-0.4, -0.2) is 10.1 Å². The Hall–Kier alpha value is -1.94. The van der Waals surface area contributed by atoms with Crippen LogP contribution in [0.2, 0.25) is 0 Å². The molecule has 82 valence electrons. The summed E-state index contributed by atoms with van der Waals surface area (Å²) in [6.45, 7) is -0.0859. The third-order valence-corrected chi connectivity index (χ3v) is 2.17. The molecule has 2 N–H and O–H groups in total. The van der Waals surface area contributed by atoms with Crippen molar-refractivity contribution in [2.75, 3.05) is 5.32 Å². The van der Waals surface area contributed by atoms with Gasteiger partial charge in [0, 0.05) is 17.4 Å². The highest BCUT2D eigenvalue weighted by Gasteiger charge is 2.02. The number of hydrogen-bond donors (Lipinski definition) is 2. The summed E-state index contributed by atoms with van der Waals surface area (Å²) in [6.07, 6.45) is 1.63. The quantitative estimate of drug-likeness (QED) is 0.831. The lowest BCUT2D eigenvalue weighted by molar-refractivity contribution is 0.282. The number of pyridine rings is 1. The lowest BCUT2D eigenvalue weighted by Crippen LogP contribution is -1.98. The standard InChI is InChI=1S/C12H11FN2O/c13-10-3-5-11(6-4-10)15-12-9(8-16)2-1-7-14-12/h1-7,16H,8H2,(H,14,15). The molecule has 2 aromatic rings. The molecule has 1 aromatic heterocycles. The van der Waals surface area contributed by atoms with Crippen molar-refractivity contribution < 1.29 is 9.50 Å². The van der Waals surface area contributed by atoms with Gasteiger partial charge in [-0.1, -0.05) is 6.07 Å². The van der Waals surface area contributed by atoms with E-state index in [2.05, 4.69) is 10.3 Å². The van der Waals surface area contributed by atoms with Crippen molar-refractivity contribution in [1.82, 2.24) is 4.98 Å².